The van der Waals surface area contributed by atoms with Gasteiger partial charge < -0.3 is 9.88 Å². The van der Waals surface area contributed by atoms with Gasteiger partial charge in [-0.3, -0.25) is 10.2 Å². The van der Waals surface area contributed by atoms with Gasteiger partial charge in [-0.25, -0.2) is 4.98 Å². The highest BCUT2D eigenvalue weighted by Gasteiger charge is 2.22. The van der Waals surface area contributed by atoms with E-state index in [0.29, 0.717) is 0 Å². The minimum Gasteiger partial charge on any atom is -0.339 e. The zero-order valence-electron chi connectivity index (χ0n) is 10.8. The molecular weight excluding hydrogens is 258 g/mol. The summed E-state index contributed by atoms with van der Waals surface area (Å²) in [7, 11) is 0. The number of H-pyrrole nitrogens is 1. The van der Waals surface area contributed by atoms with Crippen LogP contribution in [-0.2, 0) is 0 Å². The maximum absolute atomic E-state index is 12.3. The molecule has 0 bridgehead atoms. The molecule has 0 radical (unpaired) electrons. The molecule has 2 rings (SSSR count). The van der Waals surface area contributed by atoms with Crippen LogP contribution in [0.1, 0.15) is 29.8 Å². The highest BCUT2D eigenvalue weighted by Crippen LogP contribution is 2.16. The molecule has 2 N–H and O–H groups in total. The molecule has 0 atom stereocenters. The largest absolute Gasteiger partial charge is 0.339 e. The Bertz CT molecular complexity index is 582. The lowest BCUT2D eigenvalue weighted by atomic mass is 10.1. The normalized spacial score (nSPS) is 14.0. The summed E-state index contributed by atoms with van der Waals surface area (Å²) < 4.78 is 0. The van der Waals surface area contributed by atoms with Crippen LogP contribution in [0, 0.1) is 22.7 Å². The number of nitrogens with one attached hydrogen (secondary N) is 2. The predicted molar refractivity (Wildman–Crippen MR) is 70.6 cm³/mol. The number of carbonyl (C=O) groups excluding carboxylic acids is 1. The predicted octanol–water partition coefficient (Wildman–Crippen LogP) is 0.851. The fourth-order valence-electron chi connectivity index (χ4n) is 1.98. The van der Waals surface area contributed by atoms with Crippen LogP contribution < -0.4 is 5.43 Å². The second kappa shape index (κ2) is 6.34. The van der Waals surface area contributed by atoms with Crippen molar-refractivity contribution in [3.05, 3.63) is 12.0 Å². The molecule has 0 spiro atoms. The Morgan fingerprint density at radius 2 is 2.05 bits per heavy atom. The van der Waals surface area contributed by atoms with Gasteiger partial charge in [-0.2, -0.15) is 15.6 Å². The van der Waals surface area contributed by atoms with E-state index < -0.39 is 0 Å². The molecule has 1 aromatic rings. The number of amides is 1. The molecule has 0 saturated carbocycles. The number of rotatable bonds is 3. The topological polar surface area (TPSA) is 121 Å². The number of likely N-dealkylation sites (tertiary alicyclic amines) is 1. The van der Waals surface area contributed by atoms with E-state index in [0.717, 1.165) is 32.4 Å². The van der Waals surface area contributed by atoms with Crippen molar-refractivity contribution in [2.45, 2.75) is 19.3 Å². The molecule has 0 unspecified atom stereocenters. The first-order chi connectivity index (χ1) is 9.76. The molecule has 1 amide bonds. The summed E-state index contributed by atoms with van der Waals surface area (Å²) >= 11 is 0. The number of aromatic nitrogens is 2. The Balaban J connectivity index is 2.12. The maximum atomic E-state index is 12.3. The first-order valence-electron chi connectivity index (χ1n) is 6.23. The summed E-state index contributed by atoms with van der Waals surface area (Å²) in [5, 5.41) is 20.8. The van der Waals surface area contributed by atoms with Crippen molar-refractivity contribution in [1.29, 1.82) is 10.5 Å². The lowest BCUT2D eigenvalue weighted by molar-refractivity contribution is 0.0720. The molecule has 1 aliphatic rings. The van der Waals surface area contributed by atoms with E-state index in [-0.39, 0.29) is 23.1 Å². The van der Waals surface area contributed by atoms with Gasteiger partial charge in [-0.05, 0) is 19.3 Å². The van der Waals surface area contributed by atoms with Crippen LogP contribution in [-0.4, -0.2) is 39.6 Å². The summed E-state index contributed by atoms with van der Waals surface area (Å²) in [6.45, 7) is 1.45. The van der Waals surface area contributed by atoms with Crippen molar-refractivity contribution in [2.24, 2.45) is 5.10 Å². The van der Waals surface area contributed by atoms with Crippen molar-refractivity contribution in [1.82, 2.24) is 14.9 Å². The standard InChI is InChI=1S/C12H13N7O/c13-6-9(7-14)17-18-11-10(15-8-16-11)12(20)19-4-2-1-3-5-19/h8,18H,1-5H2,(H,15,16). The van der Waals surface area contributed by atoms with Gasteiger partial charge in [0.1, 0.15) is 17.8 Å². The maximum Gasteiger partial charge on any atom is 0.274 e. The van der Waals surface area contributed by atoms with Crippen molar-refractivity contribution < 1.29 is 4.79 Å². The average molecular weight is 271 g/mol. The third-order valence-electron chi connectivity index (χ3n) is 2.98. The summed E-state index contributed by atoms with van der Waals surface area (Å²) in [6.07, 6.45) is 4.49. The molecular formula is C12H13N7O. The molecule has 1 aromatic heterocycles. The number of nitriles is 2. The Hall–Kier alpha value is -2.87. The zero-order valence-corrected chi connectivity index (χ0v) is 10.8. The van der Waals surface area contributed by atoms with Gasteiger partial charge in [0.05, 0.1) is 6.33 Å². The van der Waals surface area contributed by atoms with Crippen LogP contribution in [0.4, 0.5) is 5.82 Å². The number of carbonyl (C=O) groups is 1. The van der Waals surface area contributed by atoms with Crippen molar-refractivity contribution in [3.63, 3.8) is 0 Å². The summed E-state index contributed by atoms with van der Waals surface area (Å²) in [6, 6.07) is 3.24. The lowest BCUT2D eigenvalue weighted by Gasteiger charge is -2.26. The number of piperidine rings is 1. The molecule has 8 heteroatoms. The first kappa shape index (κ1) is 13.6. The molecule has 20 heavy (non-hydrogen) atoms. The van der Waals surface area contributed by atoms with Gasteiger partial charge in [0.2, 0.25) is 5.71 Å². The third kappa shape index (κ3) is 2.93. The zero-order chi connectivity index (χ0) is 14.4. The van der Waals surface area contributed by atoms with Gasteiger partial charge in [-0.15, -0.1) is 0 Å². The van der Waals surface area contributed by atoms with Gasteiger partial charge in [0.25, 0.3) is 5.91 Å². The fourth-order valence-corrected chi connectivity index (χ4v) is 1.98. The number of hydrazone groups is 1. The van der Waals surface area contributed by atoms with Crippen LogP contribution in [0.2, 0.25) is 0 Å². The van der Waals surface area contributed by atoms with Crippen molar-refractivity contribution in [2.75, 3.05) is 18.5 Å². The second-order valence-corrected chi connectivity index (χ2v) is 4.27. The Morgan fingerprint density at radius 3 is 2.70 bits per heavy atom. The van der Waals surface area contributed by atoms with E-state index in [1.165, 1.54) is 6.33 Å². The number of aromatic amines is 1. The Morgan fingerprint density at radius 1 is 1.35 bits per heavy atom. The number of hydrogen-bond donors (Lipinski definition) is 2. The molecule has 102 valence electrons. The van der Waals surface area contributed by atoms with Crippen LogP contribution in [0.25, 0.3) is 0 Å². The number of anilines is 1. The Labute approximate surface area is 115 Å². The summed E-state index contributed by atoms with van der Waals surface area (Å²) in [5.41, 5.74) is 2.42. The molecule has 8 nitrogen and oxygen atoms in total. The van der Waals surface area contributed by atoms with Crippen LogP contribution >= 0.6 is 0 Å². The SMILES string of the molecule is N#CC(C#N)=NNc1nc[nH]c1C(=O)N1CCCCC1. The summed E-state index contributed by atoms with van der Waals surface area (Å²) in [4.78, 5) is 20.7. The van der Waals surface area contributed by atoms with Gasteiger partial charge >= 0.3 is 0 Å². The van der Waals surface area contributed by atoms with Crippen LogP contribution in [0.5, 0.6) is 0 Å². The average Bonchev–Trinajstić information content (AvgIpc) is 2.97. The number of imidazole rings is 1. The molecule has 0 aromatic carbocycles. The van der Waals surface area contributed by atoms with E-state index in [4.69, 9.17) is 10.5 Å². The van der Waals surface area contributed by atoms with E-state index in [1.807, 2.05) is 0 Å². The monoisotopic (exact) mass is 271 g/mol. The van der Waals surface area contributed by atoms with Gasteiger partial charge in [0, 0.05) is 13.1 Å². The van der Waals surface area contributed by atoms with E-state index in [9.17, 15) is 4.79 Å². The van der Waals surface area contributed by atoms with Gasteiger partial charge in [0.15, 0.2) is 5.82 Å². The summed E-state index contributed by atoms with van der Waals surface area (Å²) in [5.74, 6) is 0.0546. The molecule has 1 saturated heterocycles. The molecule has 2 heterocycles. The quantitative estimate of drug-likeness (QED) is 0.623. The van der Waals surface area contributed by atoms with Crippen LogP contribution in [0.3, 0.4) is 0 Å². The molecule has 1 aliphatic heterocycles. The van der Waals surface area contributed by atoms with E-state index >= 15 is 0 Å². The van der Waals surface area contributed by atoms with Crippen LogP contribution in [0.15, 0.2) is 11.4 Å². The highest BCUT2D eigenvalue weighted by atomic mass is 16.2. The van der Waals surface area contributed by atoms with Gasteiger partial charge in [-0.1, -0.05) is 0 Å². The number of hydrogen-bond acceptors (Lipinski definition) is 6. The molecule has 0 aliphatic carbocycles. The molecule has 1 fully saturated rings. The number of nitrogens with zero attached hydrogens (tertiary/aromatic N) is 5. The Kier molecular flexibility index (Phi) is 4.30. The van der Waals surface area contributed by atoms with Crippen molar-refractivity contribution in [3.8, 4) is 12.1 Å². The minimum atomic E-state index is -0.329. The fraction of sp³-hybridized carbons (Fsp3) is 0.417. The lowest BCUT2D eigenvalue weighted by Crippen LogP contribution is -2.36. The van der Waals surface area contributed by atoms with E-state index in [1.54, 1.807) is 17.0 Å². The highest BCUT2D eigenvalue weighted by molar-refractivity contribution is 6.10. The van der Waals surface area contributed by atoms with E-state index in [2.05, 4.69) is 20.5 Å². The smallest absolute Gasteiger partial charge is 0.274 e. The second-order valence-electron chi connectivity index (χ2n) is 4.27. The third-order valence-corrected chi connectivity index (χ3v) is 2.98. The first-order valence-corrected chi connectivity index (χ1v) is 6.23. The minimum absolute atomic E-state index is 0.157. The van der Waals surface area contributed by atoms with Crippen molar-refractivity contribution >= 4 is 17.4 Å².